The zero-order valence-electron chi connectivity index (χ0n) is 12.0. The van der Waals surface area contributed by atoms with Gasteiger partial charge in [0.05, 0.1) is 22.9 Å². The van der Waals surface area contributed by atoms with E-state index in [-0.39, 0.29) is 11.9 Å². The summed E-state index contributed by atoms with van der Waals surface area (Å²) in [6.45, 7) is 5.94. The SMILES string of the molecule is Cc1cccnc1C(C)NC(=O)CCc1scnc1C. The zero-order chi connectivity index (χ0) is 14.5. The maximum absolute atomic E-state index is 12.0. The van der Waals surface area contributed by atoms with E-state index in [2.05, 4.69) is 15.3 Å². The van der Waals surface area contributed by atoms with Crippen molar-refractivity contribution in [1.82, 2.24) is 15.3 Å². The maximum Gasteiger partial charge on any atom is 0.220 e. The normalized spacial score (nSPS) is 12.2. The van der Waals surface area contributed by atoms with Crippen molar-refractivity contribution in [2.24, 2.45) is 0 Å². The first-order valence-electron chi connectivity index (χ1n) is 6.67. The molecule has 0 saturated carbocycles. The second-order valence-electron chi connectivity index (χ2n) is 4.86. The van der Waals surface area contributed by atoms with Crippen LogP contribution < -0.4 is 5.32 Å². The van der Waals surface area contributed by atoms with E-state index < -0.39 is 0 Å². The topological polar surface area (TPSA) is 54.9 Å². The fraction of sp³-hybridized carbons (Fsp3) is 0.400. The molecule has 0 fully saturated rings. The molecule has 0 saturated heterocycles. The minimum Gasteiger partial charge on any atom is -0.348 e. The number of hydrogen-bond acceptors (Lipinski definition) is 4. The molecule has 5 heteroatoms. The van der Waals surface area contributed by atoms with Crippen molar-refractivity contribution < 1.29 is 4.79 Å². The number of aryl methyl sites for hydroxylation is 3. The Morgan fingerprint density at radius 2 is 2.20 bits per heavy atom. The predicted octanol–water partition coefficient (Wildman–Crippen LogP) is 2.96. The number of nitrogens with zero attached hydrogens (tertiary/aromatic N) is 2. The van der Waals surface area contributed by atoms with Crippen molar-refractivity contribution in [2.45, 2.75) is 39.7 Å². The van der Waals surface area contributed by atoms with Gasteiger partial charge in [-0.05, 0) is 38.8 Å². The van der Waals surface area contributed by atoms with Gasteiger partial charge in [-0.1, -0.05) is 6.07 Å². The second kappa shape index (κ2) is 6.61. The summed E-state index contributed by atoms with van der Waals surface area (Å²) < 4.78 is 0. The van der Waals surface area contributed by atoms with Crippen LogP contribution in [0.25, 0.3) is 0 Å². The van der Waals surface area contributed by atoms with Crippen LogP contribution in [0.5, 0.6) is 0 Å². The van der Waals surface area contributed by atoms with Gasteiger partial charge in [0.15, 0.2) is 0 Å². The highest BCUT2D eigenvalue weighted by atomic mass is 32.1. The monoisotopic (exact) mass is 289 g/mol. The number of nitrogens with one attached hydrogen (secondary N) is 1. The molecule has 1 atom stereocenters. The summed E-state index contributed by atoms with van der Waals surface area (Å²) in [5.41, 5.74) is 4.87. The fourth-order valence-corrected chi connectivity index (χ4v) is 2.91. The molecule has 1 unspecified atom stereocenters. The number of amides is 1. The number of carbonyl (C=O) groups is 1. The van der Waals surface area contributed by atoms with Gasteiger partial charge in [-0.3, -0.25) is 9.78 Å². The molecule has 1 amide bonds. The van der Waals surface area contributed by atoms with Gasteiger partial charge in [0.2, 0.25) is 5.91 Å². The molecule has 0 bridgehead atoms. The Labute approximate surface area is 123 Å². The Bertz CT molecular complexity index is 594. The first-order valence-corrected chi connectivity index (χ1v) is 7.55. The predicted molar refractivity (Wildman–Crippen MR) is 80.7 cm³/mol. The summed E-state index contributed by atoms with van der Waals surface area (Å²) in [4.78, 5) is 21.7. The molecule has 2 aromatic heterocycles. The van der Waals surface area contributed by atoms with Crippen molar-refractivity contribution in [1.29, 1.82) is 0 Å². The number of aromatic nitrogens is 2. The van der Waals surface area contributed by atoms with Gasteiger partial charge < -0.3 is 5.32 Å². The van der Waals surface area contributed by atoms with Crippen LogP contribution in [0.1, 0.15) is 41.2 Å². The minimum atomic E-state index is -0.0637. The van der Waals surface area contributed by atoms with E-state index >= 15 is 0 Å². The highest BCUT2D eigenvalue weighted by Gasteiger charge is 2.13. The van der Waals surface area contributed by atoms with Crippen LogP contribution in [-0.4, -0.2) is 15.9 Å². The van der Waals surface area contributed by atoms with Crippen molar-refractivity contribution in [3.8, 4) is 0 Å². The van der Waals surface area contributed by atoms with Crippen molar-refractivity contribution in [3.05, 3.63) is 45.7 Å². The molecule has 0 spiro atoms. The summed E-state index contributed by atoms with van der Waals surface area (Å²) in [7, 11) is 0. The number of hydrogen-bond donors (Lipinski definition) is 1. The Kier molecular flexibility index (Phi) is 4.84. The quantitative estimate of drug-likeness (QED) is 0.920. The Morgan fingerprint density at radius 1 is 1.40 bits per heavy atom. The van der Waals surface area contributed by atoms with E-state index in [9.17, 15) is 4.79 Å². The first kappa shape index (κ1) is 14.7. The van der Waals surface area contributed by atoms with E-state index in [1.807, 2.05) is 38.4 Å². The molecule has 0 aliphatic carbocycles. The van der Waals surface area contributed by atoms with Gasteiger partial charge in [0.25, 0.3) is 0 Å². The number of pyridine rings is 1. The molecule has 2 aromatic rings. The standard InChI is InChI=1S/C15H19N3OS/c1-10-5-4-8-16-15(10)12(3)18-14(19)7-6-13-11(2)17-9-20-13/h4-5,8-9,12H,6-7H2,1-3H3,(H,18,19). The first-order chi connectivity index (χ1) is 9.58. The molecule has 2 rings (SSSR count). The molecule has 4 nitrogen and oxygen atoms in total. The third kappa shape index (κ3) is 3.63. The molecule has 1 N–H and O–H groups in total. The van der Waals surface area contributed by atoms with Gasteiger partial charge in [0.1, 0.15) is 0 Å². The number of thiazole rings is 1. The molecule has 2 heterocycles. The highest BCUT2D eigenvalue weighted by Crippen LogP contribution is 2.16. The Morgan fingerprint density at radius 3 is 2.85 bits per heavy atom. The average Bonchev–Trinajstić information content (AvgIpc) is 2.82. The molecule has 0 aliphatic heterocycles. The van der Waals surface area contributed by atoms with Gasteiger partial charge >= 0.3 is 0 Å². The number of rotatable bonds is 5. The van der Waals surface area contributed by atoms with E-state index in [4.69, 9.17) is 0 Å². The summed E-state index contributed by atoms with van der Waals surface area (Å²) in [5, 5.41) is 3.00. The molecule has 0 aromatic carbocycles. The Hall–Kier alpha value is -1.75. The minimum absolute atomic E-state index is 0.0513. The van der Waals surface area contributed by atoms with Gasteiger partial charge in [-0.25, -0.2) is 4.98 Å². The Balaban J connectivity index is 1.88. The number of carbonyl (C=O) groups excluding carboxylic acids is 1. The largest absolute Gasteiger partial charge is 0.348 e. The third-order valence-electron chi connectivity index (χ3n) is 3.26. The summed E-state index contributed by atoms with van der Waals surface area (Å²) in [6.07, 6.45) is 2.99. The van der Waals surface area contributed by atoms with Crippen LogP contribution in [0.3, 0.4) is 0 Å². The lowest BCUT2D eigenvalue weighted by Crippen LogP contribution is -2.27. The van der Waals surface area contributed by atoms with Crippen molar-refractivity contribution in [3.63, 3.8) is 0 Å². The van der Waals surface area contributed by atoms with Crippen molar-refractivity contribution >= 4 is 17.2 Å². The van der Waals surface area contributed by atoms with Crippen LogP contribution in [0.2, 0.25) is 0 Å². The molecular weight excluding hydrogens is 270 g/mol. The summed E-state index contributed by atoms with van der Waals surface area (Å²) in [6, 6.07) is 3.84. The second-order valence-corrected chi connectivity index (χ2v) is 5.80. The molecule has 0 aliphatic rings. The zero-order valence-corrected chi connectivity index (χ0v) is 12.8. The van der Waals surface area contributed by atoms with Crippen LogP contribution in [-0.2, 0) is 11.2 Å². The smallest absolute Gasteiger partial charge is 0.220 e. The lowest BCUT2D eigenvalue weighted by Gasteiger charge is -2.15. The maximum atomic E-state index is 12.0. The summed E-state index contributed by atoms with van der Waals surface area (Å²) >= 11 is 1.61. The third-order valence-corrected chi connectivity index (χ3v) is 4.26. The summed E-state index contributed by atoms with van der Waals surface area (Å²) in [5.74, 6) is 0.0513. The van der Waals surface area contributed by atoms with E-state index in [0.717, 1.165) is 23.4 Å². The van der Waals surface area contributed by atoms with Crippen LogP contribution in [0, 0.1) is 13.8 Å². The lowest BCUT2D eigenvalue weighted by molar-refractivity contribution is -0.121. The molecule has 20 heavy (non-hydrogen) atoms. The van der Waals surface area contributed by atoms with Gasteiger partial charge in [-0.2, -0.15) is 0 Å². The lowest BCUT2D eigenvalue weighted by atomic mass is 10.1. The van der Waals surface area contributed by atoms with Crippen LogP contribution in [0.4, 0.5) is 0 Å². The van der Waals surface area contributed by atoms with Crippen LogP contribution in [0.15, 0.2) is 23.8 Å². The average molecular weight is 289 g/mol. The van der Waals surface area contributed by atoms with E-state index in [1.54, 1.807) is 17.5 Å². The fourth-order valence-electron chi connectivity index (χ4n) is 2.13. The van der Waals surface area contributed by atoms with Gasteiger partial charge in [0, 0.05) is 17.5 Å². The van der Waals surface area contributed by atoms with Crippen molar-refractivity contribution in [2.75, 3.05) is 0 Å². The van der Waals surface area contributed by atoms with E-state index in [1.165, 1.54) is 4.88 Å². The van der Waals surface area contributed by atoms with Crippen LogP contribution >= 0.6 is 11.3 Å². The molecular formula is C15H19N3OS. The molecule has 0 radical (unpaired) electrons. The van der Waals surface area contributed by atoms with Gasteiger partial charge in [-0.15, -0.1) is 11.3 Å². The van der Waals surface area contributed by atoms with E-state index in [0.29, 0.717) is 6.42 Å². The molecule has 106 valence electrons. The highest BCUT2D eigenvalue weighted by molar-refractivity contribution is 7.09.